The Balaban J connectivity index is 1.67. The summed E-state index contributed by atoms with van der Waals surface area (Å²) in [5.41, 5.74) is 2.43. The lowest BCUT2D eigenvalue weighted by Crippen LogP contribution is -2.11. The molecule has 2 aromatic carbocycles. The van der Waals surface area contributed by atoms with Crippen LogP contribution in [-0.4, -0.2) is 10.9 Å². The van der Waals surface area contributed by atoms with E-state index in [2.05, 4.69) is 36.0 Å². The zero-order valence-corrected chi connectivity index (χ0v) is 14.9. The van der Waals surface area contributed by atoms with E-state index in [0.717, 1.165) is 16.0 Å². The average molecular weight is 346 g/mol. The summed E-state index contributed by atoms with van der Waals surface area (Å²) in [7, 11) is 0. The summed E-state index contributed by atoms with van der Waals surface area (Å²) >= 11 is 1.51. The van der Waals surface area contributed by atoms with Gasteiger partial charge in [0.15, 0.2) is 5.13 Å². The van der Waals surface area contributed by atoms with Crippen LogP contribution < -0.4 is 5.32 Å². The molecule has 4 heteroatoms. The Labute approximate surface area is 151 Å². The predicted octanol–water partition coefficient (Wildman–Crippen LogP) is 4.92. The summed E-state index contributed by atoms with van der Waals surface area (Å²) in [6.45, 7) is 4.21. The molecule has 0 saturated carbocycles. The van der Waals surface area contributed by atoms with Crippen LogP contribution >= 0.6 is 11.3 Å². The number of anilines is 1. The van der Waals surface area contributed by atoms with Gasteiger partial charge in [-0.1, -0.05) is 43.9 Å². The number of amides is 1. The molecule has 1 amide bonds. The van der Waals surface area contributed by atoms with E-state index in [-0.39, 0.29) is 5.91 Å². The summed E-state index contributed by atoms with van der Waals surface area (Å²) in [5, 5.41) is 3.47. The van der Waals surface area contributed by atoms with Crippen LogP contribution in [0.5, 0.6) is 0 Å². The number of benzene rings is 2. The summed E-state index contributed by atoms with van der Waals surface area (Å²) in [4.78, 5) is 17.7. The molecule has 0 fully saturated rings. The number of hydrogen-bond donors (Lipinski definition) is 1. The molecule has 0 spiro atoms. The summed E-state index contributed by atoms with van der Waals surface area (Å²) < 4.78 is 0. The van der Waals surface area contributed by atoms with Gasteiger partial charge in [-0.25, -0.2) is 4.98 Å². The minimum Gasteiger partial charge on any atom is -0.298 e. The van der Waals surface area contributed by atoms with Crippen molar-refractivity contribution in [2.75, 3.05) is 5.32 Å². The van der Waals surface area contributed by atoms with E-state index in [1.54, 1.807) is 12.1 Å². The van der Waals surface area contributed by atoms with Crippen molar-refractivity contribution in [2.24, 2.45) is 0 Å². The maximum atomic E-state index is 12.3. The van der Waals surface area contributed by atoms with Gasteiger partial charge in [-0.15, -0.1) is 11.3 Å². The number of hydrogen-bond acceptors (Lipinski definition) is 3. The van der Waals surface area contributed by atoms with Gasteiger partial charge >= 0.3 is 0 Å². The topological polar surface area (TPSA) is 42.0 Å². The fourth-order valence-corrected chi connectivity index (χ4v) is 2.96. The molecule has 0 aliphatic carbocycles. The minimum absolute atomic E-state index is 0.160. The number of carbonyl (C=O) groups is 1. The Hall–Kier alpha value is -2.90. The summed E-state index contributed by atoms with van der Waals surface area (Å²) in [6, 6.07) is 17.1. The summed E-state index contributed by atoms with van der Waals surface area (Å²) in [5.74, 6) is 6.45. The molecular weight excluding hydrogens is 328 g/mol. The quantitative estimate of drug-likeness (QED) is 0.684. The molecule has 3 nitrogen and oxygen atoms in total. The van der Waals surface area contributed by atoms with Gasteiger partial charge in [0.05, 0.1) is 0 Å². The van der Waals surface area contributed by atoms with Gasteiger partial charge in [-0.2, -0.15) is 0 Å². The van der Waals surface area contributed by atoms with Crippen LogP contribution in [0.25, 0.3) is 0 Å². The average Bonchev–Trinajstić information content (AvgIpc) is 3.10. The third kappa shape index (κ3) is 4.56. The molecule has 0 unspecified atom stereocenters. The van der Waals surface area contributed by atoms with Crippen molar-refractivity contribution in [2.45, 2.75) is 19.8 Å². The van der Waals surface area contributed by atoms with Crippen LogP contribution in [0.2, 0.25) is 0 Å². The highest BCUT2D eigenvalue weighted by Gasteiger charge is 2.10. The van der Waals surface area contributed by atoms with Crippen molar-refractivity contribution < 1.29 is 4.79 Å². The first-order valence-electron chi connectivity index (χ1n) is 8.06. The van der Waals surface area contributed by atoms with Crippen LogP contribution in [0.4, 0.5) is 5.13 Å². The lowest BCUT2D eigenvalue weighted by Gasteiger charge is -2.02. The highest BCUT2D eigenvalue weighted by atomic mass is 32.1. The van der Waals surface area contributed by atoms with E-state index in [9.17, 15) is 4.79 Å². The molecule has 0 saturated heterocycles. The van der Waals surface area contributed by atoms with Crippen LogP contribution in [0, 0.1) is 11.8 Å². The van der Waals surface area contributed by atoms with E-state index >= 15 is 0 Å². The molecule has 25 heavy (non-hydrogen) atoms. The van der Waals surface area contributed by atoms with E-state index in [4.69, 9.17) is 0 Å². The van der Waals surface area contributed by atoms with E-state index in [0.29, 0.717) is 16.6 Å². The SMILES string of the molecule is CC(C)c1cnc(NC(=O)c2ccc(C#Cc3ccccc3)cc2)s1. The van der Waals surface area contributed by atoms with Crippen molar-refractivity contribution in [3.63, 3.8) is 0 Å². The fourth-order valence-electron chi connectivity index (χ4n) is 2.15. The zero-order chi connectivity index (χ0) is 17.6. The second-order valence-corrected chi connectivity index (χ2v) is 6.93. The van der Waals surface area contributed by atoms with Gasteiger partial charge in [0, 0.05) is 27.8 Å². The Kier molecular flexibility index (Phi) is 5.27. The second-order valence-electron chi connectivity index (χ2n) is 5.87. The van der Waals surface area contributed by atoms with Crippen LogP contribution in [0.1, 0.15) is 46.1 Å². The van der Waals surface area contributed by atoms with Crippen molar-refractivity contribution in [3.05, 3.63) is 82.4 Å². The van der Waals surface area contributed by atoms with Crippen LogP contribution in [0.15, 0.2) is 60.8 Å². The Morgan fingerprint density at radius 2 is 1.64 bits per heavy atom. The molecule has 1 heterocycles. The van der Waals surface area contributed by atoms with E-state index in [1.807, 2.05) is 48.7 Å². The van der Waals surface area contributed by atoms with Gasteiger partial charge in [0.25, 0.3) is 5.91 Å². The van der Waals surface area contributed by atoms with E-state index < -0.39 is 0 Å². The Bertz CT molecular complexity index is 916. The highest BCUT2D eigenvalue weighted by Crippen LogP contribution is 2.25. The Morgan fingerprint density at radius 1 is 1.00 bits per heavy atom. The lowest BCUT2D eigenvalue weighted by atomic mass is 10.1. The largest absolute Gasteiger partial charge is 0.298 e. The molecule has 124 valence electrons. The van der Waals surface area contributed by atoms with Crippen LogP contribution in [-0.2, 0) is 0 Å². The highest BCUT2D eigenvalue weighted by molar-refractivity contribution is 7.15. The number of nitrogens with zero attached hydrogens (tertiary/aromatic N) is 1. The maximum absolute atomic E-state index is 12.3. The minimum atomic E-state index is -0.160. The molecule has 0 atom stereocenters. The first-order valence-corrected chi connectivity index (χ1v) is 8.87. The monoisotopic (exact) mass is 346 g/mol. The molecule has 0 aliphatic heterocycles. The van der Waals surface area contributed by atoms with Crippen molar-refractivity contribution in [3.8, 4) is 11.8 Å². The number of rotatable bonds is 3. The first-order chi connectivity index (χ1) is 12.1. The van der Waals surface area contributed by atoms with Crippen molar-refractivity contribution in [1.29, 1.82) is 0 Å². The number of thiazole rings is 1. The third-order valence-corrected chi connectivity index (χ3v) is 4.80. The molecule has 1 N–H and O–H groups in total. The Morgan fingerprint density at radius 3 is 2.24 bits per heavy atom. The second kappa shape index (κ2) is 7.78. The molecule has 0 radical (unpaired) electrons. The van der Waals surface area contributed by atoms with Gasteiger partial charge in [0.2, 0.25) is 0 Å². The van der Waals surface area contributed by atoms with Crippen molar-refractivity contribution >= 4 is 22.4 Å². The predicted molar refractivity (Wildman–Crippen MR) is 103 cm³/mol. The van der Waals surface area contributed by atoms with Crippen LogP contribution in [0.3, 0.4) is 0 Å². The first kappa shape index (κ1) is 16.9. The van der Waals surface area contributed by atoms with Gasteiger partial charge in [-0.3, -0.25) is 10.1 Å². The standard InChI is InChI=1S/C21H18N2OS/c1-15(2)19-14-22-21(25-19)23-20(24)18-12-10-17(11-13-18)9-8-16-6-4-3-5-7-16/h3-7,10-15H,1-2H3,(H,22,23,24). The lowest BCUT2D eigenvalue weighted by molar-refractivity contribution is 0.102. The molecular formula is C21H18N2OS. The molecule has 3 aromatic rings. The van der Waals surface area contributed by atoms with Gasteiger partial charge in [-0.05, 0) is 42.3 Å². The maximum Gasteiger partial charge on any atom is 0.257 e. The van der Waals surface area contributed by atoms with E-state index in [1.165, 1.54) is 11.3 Å². The molecule has 1 aromatic heterocycles. The van der Waals surface area contributed by atoms with Gasteiger partial charge < -0.3 is 0 Å². The molecule has 0 aliphatic rings. The number of nitrogens with one attached hydrogen (secondary N) is 1. The zero-order valence-electron chi connectivity index (χ0n) is 14.1. The number of aromatic nitrogens is 1. The fraction of sp³-hybridized carbons (Fsp3) is 0.143. The smallest absolute Gasteiger partial charge is 0.257 e. The third-order valence-electron chi connectivity index (χ3n) is 3.59. The molecule has 3 rings (SSSR count). The van der Waals surface area contributed by atoms with Crippen molar-refractivity contribution in [1.82, 2.24) is 4.98 Å². The summed E-state index contributed by atoms with van der Waals surface area (Å²) in [6.07, 6.45) is 1.81. The molecule has 0 bridgehead atoms. The number of carbonyl (C=O) groups excluding carboxylic acids is 1. The van der Waals surface area contributed by atoms with Gasteiger partial charge in [0.1, 0.15) is 0 Å². The normalized spacial score (nSPS) is 10.2.